The number of nitrogens with one attached hydrogen (secondary N) is 3. The summed E-state index contributed by atoms with van der Waals surface area (Å²) in [5, 5.41) is 7.52. The molecule has 5 nitrogen and oxygen atoms in total. The van der Waals surface area contributed by atoms with Crippen LogP contribution >= 0.6 is 0 Å². The highest BCUT2D eigenvalue weighted by Crippen LogP contribution is 2.19. The monoisotopic (exact) mass is 379 g/mol. The molecule has 1 atom stereocenters. The number of halogens is 3. The molecule has 0 bridgehead atoms. The molecule has 8 heteroatoms. The average molecular weight is 379 g/mol. The highest BCUT2D eigenvalue weighted by molar-refractivity contribution is 5.95. The second-order valence-corrected chi connectivity index (χ2v) is 6.17. The zero-order chi connectivity index (χ0) is 20.1. The highest BCUT2D eigenvalue weighted by atomic mass is 19.2. The van der Waals surface area contributed by atoms with Crippen molar-refractivity contribution in [1.82, 2.24) is 5.32 Å². The van der Waals surface area contributed by atoms with Crippen molar-refractivity contribution >= 4 is 23.2 Å². The highest BCUT2D eigenvalue weighted by Gasteiger charge is 2.17. The Morgan fingerprint density at radius 3 is 2.33 bits per heavy atom. The first-order valence-corrected chi connectivity index (χ1v) is 8.24. The number of rotatable bonds is 6. The van der Waals surface area contributed by atoms with Crippen LogP contribution in [0.4, 0.5) is 24.5 Å². The van der Waals surface area contributed by atoms with Crippen molar-refractivity contribution in [3.05, 3.63) is 58.9 Å². The fourth-order valence-electron chi connectivity index (χ4n) is 2.41. The van der Waals surface area contributed by atoms with Gasteiger partial charge in [0, 0.05) is 5.69 Å². The van der Waals surface area contributed by atoms with Gasteiger partial charge in [-0.25, -0.2) is 13.2 Å². The van der Waals surface area contributed by atoms with Gasteiger partial charge >= 0.3 is 0 Å². The minimum atomic E-state index is -1.68. The average Bonchev–Trinajstić information content (AvgIpc) is 2.62. The fraction of sp³-hybridized carbons (Fsp3) is 0.263. The van der Waals surface area contributed by atoms with Crippen LogP contribution in [-0.4, -0.2) is 24.4 Å². The van der Waals surface area contributed by atoms with E-state index in [4.69, 9.17) is 0 Å². The summed E-state index contributed by atoms with van der Waals surface area (Å²) in [5.74, 6) is -5.75. The van der Waals surface area contributed by atoms with Crippen LogP contribution < -0.4 is 16.0 Å². The van der Waals surface area contributed by atoms with Gasteiger partial charge in [0.25, 0.3) is 0 Å². The van der Waals surface area contributed by atoms with Crippen molar-refractivity contribution < 1.29 is 22.8 Å². The lowest BCUT2D eigenvalue weighted by Crippen LogP contribution is -2.41. The van der Waals surface area contributed by atoms with Crippen molar-refractivity contribution in [3.63, 3.8) is 0 Å². The predicted molar refractivity (Wildman–Crippen MR) is 97.0 cm³/mol. The Kier molecular flexibility index (Phi) is 6.44. The molecule has 0 spiro atoms. The Morgan fingerprint density at radius 2 is 1.67 bits per heavy atom. The van der Waals surface area contributed by atoms with Crippen molar-refractivity contribution in [2.24, 2.45) is 0 Å². The number of aryl methyl sites for hydroxylation is 2. The molecule has 0 aliphatic carbocycles. The minimum absolute atomic E-state index is 0.448. The molecule has 2 rings (SSSR count). The van der Waals surface area contributed by atoms with E-state index < -0.39 is 47.5 Å². The second-order valence-electron chi connectivity index (χ2n) is 6.17. The van der Waals surface area contributed by atoms with Gasteiger partial charge in [0.15, 0.2) is 17.5 Å². The smallest absolute Gasteiger partial charge is 0.243 e. The Balaban J connectivity index is 1.89. The van der Waals surface area contributed by atoms with E-state index in [0.29, 0.717) is 6.07 Å². The van der Waals surface area contributed by atoms with Crippen LogP contribution in [0.2, 0.25) is 0 Å². The number of hydrogen-bond acceptors (Lipinski definition) is 3. The summed E-state index contributed by atoms with van der Waals surface area (Å²) in [7, 11) is 0. The molecule has 2 aromatic carbocycles. The molecule has 0 fully saturated rings. The molecule has 0 aliphatic rings. The zero-order valence-corrected chi connectivity index (χ0v) is 15.1. The molecule has 2 amide bonds. The Labute approximate surface area is 155 Å². The summed E-state index contributed by atoms with van der Waals surface area (Å²) in [6.07, 6.45) is 0. The number of carbonyl (C=O) groups is 2. The minimum Gasteiger partial charge on any atom is -0.374 e. The van der Waals surface area contributed by atoms with Crippen molar-refractivity contribution in [2.45, 2.75) is 26.8 Å². The summed E-state index contributed by atoms with van der Waals surface area (Å²) in [6.45, 7) is 5.04. The first-order chi connectivity index (χ1) is 12.7. The van der Waals surface area contributed by atoms with Gasteiger partial charge in [0.05, 0.1) is 12.2 Å². The van der Waals surface area contributed by atoms with Gasteiger partial charge in [-0.3, -0.25) is 9.59 Å². The molecule has 0 saturated carbocycles. The van der Waals surface area contributed by atoms with Crippen LogP contribution in [0.1, 0.15) is 18.1 Å². The van der Waals surface area contributed by atoms with Gasteiger partial charge in [0.2, 0.25) is 11.8 Å². The predicted octanol–water partition coefficient (Wildman–Crippen LogP) is 3.28. The van der Waals surface area contributed by atoms with Crippen molar-refractivity contribution in [1.29, 1.82) is 0 Å². The van der Waals surface area contributed by atoms with Crippen molar-refractivity contribution in [3.8, 4) is 0 Å². The van der Waals surface area contributed by atoms with Crippen LogP contribution in [0.3, 0.4) is 0 Å². The first kappa shape index (κ1) is 20.3. The lowest BCUT2D eigenvalue weighted by atomic mass is 10.1. The van der Waals surface area contributed by atoms with Crippen LogP contribution in [0.25, 0.3) is 0 Å². The van der Waals surface area contributed by atoms with E-state index >= 15 is 0 Å². The lowest BCUT2D eigenvalue weighted by Gasteiger charge is -2.17. The zero-order valence-electron chi connectivity index (χ0n) is 15.1. The molecule has 0 radical (unpaired) electrons. The molecular weight excluding hydrogens is 359 g/mol. The lowest BCUT2D eigenvalue weighted by molar-refractivity contribution is -0.124. The summed E-state index contributed by atoms with van der Waals surface area (Å²) < 4.78 is 39.6. The van der Waals surface area contributed by atoms with Crippen LogP contribution in [0, 0.1) is 31.3 Å². The summed E-state index contributed by atoms with van der Waals surface area (Å²) >= 11 is 0. The fourth-order valence-corrected chi connectivity index (χ4v) is 2.41. The third-order valence-corrected chi connectivity index (χ3v) is 3.88. The van der Waals surface area contributed by atoms with Gasteiger partial charge in [-0.15, -0.1) is 0 Å². The molecule has 0 aliphatic heterocycles. The molecule has 0 heterocycles. The maximum absolute atomic E-state index is 13.5. The number of anilines is 2. The quantitative estimate of drug-likeness (QED) is 0.675. The van der Waals surface area contributed by atoms with Gasteiger partial charge < -0.3 is 16.0 Å². The van der Waals surface area contributed by atoms with E-state index in [9.17, 15) is 22.8 Å². The van der Waals surface area contributed by atoms with Gasteiger partial charge in [-0.05, 0) is 44.5 Å². The SMILES string of the molecule is Cc1ccc(NC(C)C(=O)NCC(=O)Nc2ccc(F)c(F)c2F)c(C)c1. The van der Waals surface area contributed by atoms with E-state index in [-0.39, 0.29) is 0 Å². The topological polar surface area (TPSA) is 70.2 Å². The van der Waals surface area contributed by atoms with E-state index in [1.807, 2.05) is 32.0 Å². The molecular formula is C19H20F3N3O2. The van der Waals surface area contributed by atoms with Crippen LogP contribution in [0.15, 0.2) is 30.3 Å². The summed E-state index contributed by atoms with van der Waals surface area (Å²) in [6, 6.07) is 6.70. The second kappa shape index (κ2) is 8.57. The molecule has 0 aromatic heterocycles. The Bertz CT molecular complexity index is 872. The van der Waals surface area contributed by atoms with Gasteiger partial charge in [-0.2, -0.15) is 0 Å². The van der Waals surface area contributed by atoms with Gasteiger partial charge in [0.1, 0.15) is 6.04 Å². The third-order valence-electron chi connectivity index (χ3n) is 3.88. The van der Waals surface area contributed by atoms with Crippen LogP contribution in [0.5, 0.6) is 0 Å². The maximum atomic E-state index is 13.5. The number of benzene rings is 2. The molecule has 0 saturated heterocycles. The van der Waals surface area contributed by atoms with E-state index in [2.05, 4.69) is 16.0 Å². The normalized spacial score (nSPS) is 11.6. The van der Waals surface area contributed by atoms with E-state index in [1.165, 1.54) is 0 Å². The largest absolute Gasteiger partial charge is 0.374 e. The summed E-state index contributed by atoms with van der Waals surface area (Å²) in [5.41, 5.74) is 2.35. The molecule has 2 aromatic rings. The first-order valence-electron chi connectivity index (χ1n) is 8.24. The third kappa shape index (κ3) is 5.22. The van der Waals surface area contributed by atoms with E-state index in [1.54, 1.807) is 6.92 Å². The summed E-state index contributed by atoms with van der Waals surface area (Å²) in [4.78, 5) is 23.9. The molecule has 27 heavy (non-hydrogen) atoms. The molecule has 1 unspecified atom stereocenters. The standard InChI is InChI=1S/C19H20F3N3O2/c1-10-4-6-14(11(2)8-10)24-12(3)19(27)23-9-16(26)25-15-7-5-13(20)17(21)18(15)22/h4-8,12,24H,9H2,1-3H3,(H,23,27)(H,25,26). The Morgan fingerprint density at radius 1 is 1.00 bits per heavy atom. The number of carbonyl (C=O) groups excluding carboxylic acids is 2. The molecule has 3 N–H and O–H groups in total. The van der Waals surface area contributed by atoms with Crippen LogP contribution in [-0.2, 0) is 9.59 Å². The van der Waals surface area contributed by atoms with E-state index in [0.717, 1.165) is 22.9 Å². The number of hydrogen-bond donors (Lipinski definition) is 3. The maximum Gasteiger partial charge on any atom is 0.243 e. The molecule has 144 valence electrons. The van der Waals surface area contributed by atoms with Crippen molar-refractivity contribution in [2.75, 3.05) is 17.2 Å². The Hall–Kier alpha value is -3.03. The van der Waals surface area contributed by atoms with Gasteiger partial charge in [-0.1, -0.05) is 17.7 Å². The number of amides is 2.